The molecular formula is C25H23F2N3O3. The molecular weight excluding hydrogens is 428 g/mol. The molecule has 6 nitrogen and oxygen atoms in total. The van der Waals surface area contributed by atoms with Crippen LogP contribution >= 0.6 is 0 Å². The van der Waals surface area contributed by atoms with E-state index >= 15 is 0 Å². The molecule has 0 spiro atoms. The molecule has 0 aliphatic rings. The maximum absolute atomic E-state index is 13.8. The van der Waals surface area contributed by atoms with Crippen LogP contribution in [0.5, 0.6) is 5.75 Å². The number of benzene rings is 3. The molecule has 8 heteroatoms. The first-order chi connectivity index (χ1) is 16.0. The van der Waals surface area contributed by atoms with E-state index < -0.39 is 11.9 Å². The number of halogens is 2. The molecule has 1 unspecified atom stereocenters. The number of ether oxygens (including phenoxy) is 1. The van der Waals surface area contributed by atoms with Crippen LogP contribution in [0.2, 0.25) is 0 Å². The van der Waals surface area contributed by atoms with Crippen LogP contribution in [0.3, 0.4) is 0 Å². The Labute approximate surface area is 189 Å². The van der Waals surface area contributed by atoms with Gasteiger partial charge in [-0.2, -0.15) is 0 Å². The molecule has 0 aliphatic carbocycles. The Balaban J connectivity index is 1.44. The molecule has 1 atom stereocenters. The average molecular weight is 451 g/mol. The number of nitrogens with one attached hydrogen (secondary N) is 1. The van der Waals surface area contributed by atoms with E-state index in [1.54, 1.807) is 28.8 Å². The van der Waals surface area contributed by atoms with Crippen molar-refractivity contribution >= 4 is 16.9 Å². The van der Waals surface area contributed by atoms with Crippen molar-refractivity contribution in [2.45, 2.75) is 25.6 Å². The number of hydrogen-bond donors (Lipinski definition) is 2. The summed E-state index contributed by atoms with van der Waals surface area (Å²) in [5, 5.41) is 13.3. The molecule has 1 heterocycles. The van der Waals surface area contributed by atoms with E-state index in [1.165, 1.54) is 24.3 Å². The van der Waals surface area contributed by atoms with E-state index in [0.29, 0.717) is 11.3 Å². The van der Waals surface area contributed by atoms with Gasteiger partial charge in [-0.1, -0.05) is 36.4 Å². The van der Waals surface area contributed by atoms with Gasteiger partial charge in [-0.3, -0.25) is 4.79 Å². The van der Waals surface area contributed by atoms with Crippen molar-refractivity contribution in [2.75, 3.05) is 6.61 Å². The van der Waals surface area contributed by atoms with Crippen molar-refractivity contribution in [3.63, 3.8) is 0 Å². The Kier molecular flexibility index (Phi) is 6.95. The van der Waals surface area contributed by atoms with Gasteiger partial charge in [-0.25, -0.2) is 13.8 Å². The summed E-state index contributed by atoms with van der Waals surface area (Å²) in [6.45, 7) is 0.262. The quantitative estimate of drug-likeness (QED) is 0.408. The zero-order valence-corrected chi connectivity index (χ0v) is 17.7. The lowest BCUT2D eigenvalue weighted by molar-refractivity contribution is -0.120. The molecule has 0 bridgehead atoms. The molecule has 3 aromatic carbocycles. The monoisotopic (exact) mass is 451 g/mol. The Morgan fingerprint density at radius 3 is 2.55 bits per heavy atom. The van der Waals surface area contributed by atoms with E-state index in [-0.39, 0.29) is 43.6 Å². The number of amides is 1. The SMILES string of the molecule is O=C(Cc1nc2ccccc2n1CC(O)COc1ccccc1F)NCc1ccc(F)cc1. The van der Waals surface area contributed by atoms with Crippen LogP contribution in [0.4, 0.5) is 8.78 Å². The minimum absolute atomic E-state index is 0.00321. The van der Waals surface area contributed by atoms with Crippen LogP contribution in [-0.2, 0) is 24.3 Å². The molecule has 170 valence electrons. The highest BCUT2D eigenvalue weighted by molar-refractivity contribution is 5.81. The van der Waals surface area contributed by atoms with Crippen LogP contribution in [0.15, 0.2) is 72.8 Å². The fraction of sp³-hybridized carbons (Fsp3) is 0.200. The number of nitrogens with zero attached hydrogens (tertiary/aromatic N) is 2. The molecule has 0 aliphatic heterocycles. The van der Waals surface area contributed by atoms with Crippen LogP contribution in [-0.4, -0.2) is 33.3 Å². The van der Waals surface area contributed by atoms with Gasteiger partial charge in [0.2, 0.25) is 5.91 Å². The zero-order valence-electron chi connectivity index (χ0n) is 17.7. The zero-order chi connectivity index (χ0) is 23.2. The lowest BCUT2D eigenvalue weighted by atomic mass is 10.2. The van der Waals surface area contributed by atoms with Crippen molar-refractivity contribution in [1.29, 1.82) is 0 Å². The third-order valence-corrected chi connectivity index (χ3v) is 5.12. The van der Waals surface area contributed by atoms with Crippen LogP contribution in [0.1, 0.15) is 11.4 Å². The predicted octanol–water partition coefficient (Wildman–Crippen LogP) is 3.61. The largest absolute Gasteiger partial charge is 0.488 e. The van der Waals surface area contributed by atoms with Crippen LogP contribution < -0.4 is 10.1 Å². The number of carbonyl (C=O) groups is 1. The summed E-state index contributed by atoms with van der Waals surface area (Å²) in [4.78, 5) is 17.1. The normalized spacial score (nSPS) is 12.0. The molecule has 1 aromatic heterocycles. The lowest BCUT2D eigenvalue weighted by Crippen LogP contribution is -2.28. The van der Waals surface area contributed by atoms with E-state index in [1.807, 2.05) is 24.3 Å². The van der Waals surface area contributed by atoms with Crippen molar-refractivity contribution < 1.29 is 23.4 Å². The Bertz CT molecular complexity index is 1240. The summed E-state index contributed by atoms with van der Waals surface area (Å²) in [5.74, 6) is -0.550. The molecule has 4 rings (SSSR count). The highest BCUT2D eigenvalue weighted by atomic mass is 19.1. The maximum atomic E-state index is 13.8. The Morgan fingerprint density at radius 2 is 1.76 bits per heavy atom. The number of fused-ring (bicyclic) bond motifs is 1. The van der Waals surface area contributed by atoms with Crippen molar-refractivity contribution in [3.05, 3.63) is 95.8 Å². The highest BCUT2D eigenvalue weighted by Crippen LogP contribution is 2.19. The summed E-state index contributed by atoms with van der Waals surface area (Å²) in [6.07, 6.45) is -0.959. The minimum atomic E-state index is -0.955. The van der Waals surface area contributed by atoms with Gasteiger partial charge >= 0.3 is 0 Å². The molecule has 1 amide bonds. The van der Waals surface area contributed by atoms with Gasteiger partial charge in [-0.15, -0.1) is 0 Å². The summed E-state index contributed by atoms with van der Waals surface area (Å²) < 4.78 is 34.0. The van der Waals surface area contributed by atoms with Crippen molar-refractivity contribution in [2.24, 2.45) is 0 Å². The van der Waals surface area contributed by atoms with E-state index in [4.69, 9.17) is 4.74 Å². The number of aromatic nitrogens is 2. The standard InChI is InChI=1S/C25H23F2N3O3/c26-18-11-9-17(10-12-18)14-28-25(32)13-24-29-21-6-2-3-7-22(21)30(24)15-19(31)16-33-23-8-4-1-5-20(23)27/h1-12,19,31H,13-16H2,(H,28,32). The minimum Gasteiger partial charge on any atom is -0.488 e. The molecule has 0 radical (unpaired) electrons. The molecule has 33 heavy (non-hydrogen) atoms. The third-order valence-electron chi connectivity index (χ3n) is 5.12. The summed E-state index contributed by atoms with van der Waals surface area (Å²) in [6, 6.07) is 19.3. The fourth-order valence-corrected chi connectivity index (χ4v) is 3.48. The molecule has 0 saturated carbocycles. The number of para-hydroxylation sites is 3. The van der Waals surface area contributed by atoms with Gasteiger partial charge in [0, 0.05) is 6.54 Å². The first kappa shape index (κ1) is 22.4. The van der Waals surface area contributed by atoms with Gasteiger partial charge in [0.05, 0.1) is 24.0 Å². The first-order valence-corrected chi connectivity index (χ1v) is 10.5. The number of aliphatic hydroxyl groups is 1. The topological polar surface area (TPSA) is 76.4 Å². The second-order valence-electron chi connectivity index (χ2n) is 7.60. The second-order valence-corrected chi connectivity index (χ2v) is 7.60. The molecule has 4 aromatic rings. The molecule has 0 fully saturated rings. The van der Waals surface area contributed by atoms with Crippen molar-refractivity contribution in [3.8, 4) is 5.75 Å². The Morgan fingerprint density at radius 1 is 1.03 bits per heavy atom. The van der Waals surface area contributed by atoms with Gasteiger partial charge in [0.25, 0.3) is 0 Å². The smallest absolute Gasteiger partial charge is 0.227 e. The fourth-order valence-electron chi connectivity index (χ4n) is 3.48. The van der Waals surface area contributed by atoms with Gasteiger partial charge in [0.1, 0.15) is 24.4 Å². The Hall–Kier alpha value is -3.78. The summed E-state index contributed by atoms with van der Waals surface area (Å²) in [7, 11) is 0. The lowest BCUT2D eigenvalue weighted by Gasteiger charge is -2.16. The second kappa shape index (κ2) is 10.2. The van der Waals surface area contributed by atoms with Gasteiger partial charge in [0.15, 0.2) is 11.6 Å². The average Bonchev–Trinajstić information content (AvgIpc) is 3.15. The predicted molar refractivity (Wildman–Crippen MR) is 120 cm³/mol. The summed E-state index contributed by atoms with van der Waals surface area (Å²) >= 11 is 0. The number of aliphatic hydroxyl groups excluding tert-OH is 1. The number of carbonyl (C=O) groups excluding carboxylic acids is 1. The summed E-state index contributed by atoms with van der Waals surface area (Å²) in [5.41, 5.74) is 2.24. The highest BCUT2D eigenvalue weighted by Gasteiger charge is 2.17. The van der Waals surface area contributed by atoms with E-state index in [9.17, 15) is 18.7 Å². The van der Waals surface area contributed by atoms with E-state index in [2.05, 4.69) is 10.3 Å². The number of rotatable bonds is 9. The van der Waals surface area contributed by atoms with Gasteiger partial charge in [-0.05, 0) is 42.0 Å². The third kappa shape index (κ3) is 5.72. The van der Waals surface area contributed by atoms with Crippen LogP contribution in [0.25, 0.3) is 11.0 Å². The van der Waals surface area contributed by atoms with Crippen molar-refractivity contribution in [1.82, 2.24) is 14.9 Å². The van der Waals surface area contributed by atoms with E-state index in [0.717, 1.165) is 11.1 Å². The van der Waals surface area contributed by atoms with Crippen LogP contribution in [0, 0.1) is 11.6 Å². The maximum Gasteiger partial charge on any atom is 0.227 e. The number of imidazole rings is 1. The van der Waals surface area contributed by atoms with Gasteiger partial charge < -0.3 is 19.7 Å². The molecule has 0 saturated heterocycles. The number of hydrogen-bond acceptors (Lipinski definition) is 4. The molecule has 2 N–H and O–H groups in total. The first-order valence-electron chi connectivity index (χ1n) is 10.5.